The van der Waals surface area contributed by atoms with Gasteiger partial charge in [-0.25, -0.2) is 0 Å². The SMILES string of the molecule is CC(=O)c1cc(CN)c[nH]1. The fourth-order valence-corrected chi connectivity index (χ4v) is 0.760. The summed E-state index contributed by atoms with van der Waals surface area (Å²) in [6.45, 7) is 2.00. The standard InChI is InChI=1S/C7H10N2O/c1-5(10)7-2-6(3-8)4-9-7/h2,4,9H,3,8H2,1H3. The first-order valence-electron chi connectivity index (χ1n) is 3.12. The lowest BCUT2D eigenvalue weighted by Gasteiger charge is -1.84. The van der Waals surface area contributed by atoms with Gasteiger partial charge in [0.2, 0.25) is 0 Å². The first-order chi connectivity index (χ1) is 4.74. The topological polar surface area (TPSA) is 58.9 Å². The van der Waals surface area contributed by atoms with Crippen LogP contribution in [0.15, 0.2) is 12.3 Å². The molecule has 0 unspecified atom stereocenters. The van der Waals surface area contributed by atoms with Crippen LogP contribution in [0.25, 0.3) is 0 Å². The molecule has 0 aliphatic rings. The quantitative estimate of drug-likeness (QED) is 0.590. The van der Waals surface area contributed by atoms with Gasteiger partial charge in [-0.2, -0.15) is 0 Å². The summed E-state index contributed by atoms with van der Waals surface area (Å²) in [5.74, 6) is 0.0414. The molecule has 0 spiro atoms. The third-order valence-corrected chi connectivity index (χ3v) is 1.36. The summed E-state index contributed by atoms with van der Waals surface area (Å²) in [5, 5.41) is 0. The number of aromatic nitrogens is 1. The van der Waals surface area contributed by atoms with Gasteiger partial charge in [-0.15, -0.1) is 0 Å². The Kier molecular flexibility index (Phi) is 1.87. The van der Waals surface area contributed by atoms with E-state index in [0.717, 1.165) is 5.56 Å². The lowest BCUT2D eigenvalue weighted by Crippen LogP contribution is -1.93. The summed E-state index contributed by atoms with van der Waals surface area (Å²) in [5.41, 5.74) is 6.92. The van der Waals surface area contributed by atoms with Crippen molar-refractivity contribution in [3.05, 3.63) is 23.5 Å². The number of nitrogens with one attached hydrogen (secondary N) is 1. The van der Waals surface area contributed by atoms with E-state index in [4.69, 9.17) is 5.73 Å². The summed E-state index contributed by atoms with van der Waals surface area (Å²) in [4.78, 5) is 13.5. The van der Waals surface area contributed by atoms with Gasteiger partial charge in [-0.05, 0) is 11.6 Å². The molecule has 3 N–H and O–H groups in total. The molecule has 1 aromatic heterocycles. The van der Waals surface area contributed by atoms with Crippen LogP contribution in [-0.4, -0.2) is 10.8 Å². The molecular formula is C7H10N2O. The number of carbonyl (C=O) groups excluding carboxylic acids is 1. The molecule has 0 aliphatic heterocycles. The molecule has 10 heavy (non-hydrogen) atoms. The number of ketones is 1. The second kappa shape index (κ2) is 2.66. The van der Waals surface area contributed by atoms with Crippen molar-refractivity contribution in [3.63, 3.8) is 0 Å². The van der Waals surface area contributed by atoms with E-state index < -0.39 is 0 Å². The Morgan fingerprint density at radius 2 is 2.50 bits per heavy atom. The zero-order chi connectivity index (χ0) is 7.56. The van der Waals surface area contributed by atoms with Gasteiger partial charge in [-0.1, -0.05) is 0 Å². The van der Waals surface area contributed by atoms with Gasteiger partial charge in [0.25, 0.3) is 0 Å². The minimum Gasteiger partial charge on any atom is -0.358 e. The average molecular weight is 138 g/mol. The van der Waals surface area contributed by atoms with Gasteiger partial charge in [0.05, 0.1) is 5.69 Å². The molecule has 3 nitrogen and oxygen atoms in total. The van der Waals surface area contributed by atoms with Crippen LogP contribution in [0.5, 0.6) is 0 Å². The van der Waals surface area contributed by atoms with E-state index in [9.17, 15) is 4.79 Å². The Bertz CT molecular complexity index is 240. The van der Waals surface area contributed by atoms with Gasteiger partial charge in [0, 0.05) is 19.7 Å². The number of carbonyl (C=O) groups is 1. The number of hydrogen-bond donors (Lipinski definition) is 2. The minimum absolute atomic E-state index is 0.0414. The van der Waals surface area contributed by atoms with Crippen molar-refractivity contribution >= 4 is 5.78 Å². The summed E-state index contributed by atoms with van der Waals surface area (Å²) in [6.07, 6.45) is 1.75. The molecule has 0 aromatic carbocycles. The van der Waals surface area contributed by atoms with Crippen LogP contribution < -0.4 is 5.73 Å². The van der Waals surface area contributed by atoms with Crippen molar-refractivity contribution in [3.8, 4) is 0 Å². The van der Waals surface area contributed by atoms with Crippen molar-refractivity contribution in [1.82, 2.24) is 4.98 Å². The Morgan fingerprint density at radius 3 is 2.80 bits per heavy atom. The second-order valence-electron chi connectivity index (χ2n) is 2.18. The van der Waals surface area contributed by atoms with E-state index in [1.165, 1.54) is 6.92 Å². The Balaban J connectivity index is 2.88. The molecule has 0 fully saturated rings. The first kappa shape index (κ1) is 7.02. The van der Waals surface area contributed by atoms with Gasteiger partial charge >= 0.3 is 0 Å². The van der Waals surface area contributed by atoms with Gasteiger partial charge < -0.3 is 10.7 Å². The lowest BCUT2D eigenvalue weighted by molar-refractivity contribution is 0.101. The predicted octanol–water partition coefficient (Wildman–Crippen LogP) is 0.676. The van der Waals surface area contributed by atoms with Crippen LogP contribution in [0, 0.1) is 0 Å². The summed E-state index contributed by atoms with van der Waals surface area (Å²) >= 11 is 0. The van der Waals surface area contributed by atoms with Crippen LogP contribution in [-0.2, 0) is 6.54 Å². The summed E-state index contributed by atoms with van der Waals surface area (Å²) in [7, 11) is 0. The lowest BCUT2D eigenvalue weighted by atomic mass is 10.3. The summed E-state index contributed by atoms with van der Waals surface area (Å²) < 4.78 is 0. The molecule has 0 radical (unpaired) electrons. The Labute approximate surface area is 59.2 Å². The fraction of sp³-hybridized carbons (Fsp3) is 0.286. The molecule has 0 saturated carbocycles. The molecule has 1 rings (SSSR count). The zero-order valence-corrected chi connectivity index (χ0v) is 5.85. The molecule has 0 amide bonds. The van der Waals surface area contributed by atoms with Crippen molar-refractivity contribution in [2.24, 2.45) is 5.73 Å². The van der Waals surface area contributed by atoms with Crippen molar-refractivity contribution in [2.45, 2.75) is 13.5 Å². The highest BCUT2D eigenvalue weighted by atomic mass is 16.1. The Hall–Kier alpha value is -1.09. The number of hydrogen-bond acceptors (Lipinski definition) is 2. The van der Waals surface area contributed by atoms with Gasteiger partial charge in [0.15, 0.2) is 5.78 Å². The highest BCUT2D eigenvalue weighted by molar-refractivity contribution is 5.92. The zero-order valence-electron chi connectivity index (χ0n) is 5.85. The second-order valence-corrected chi connectivity index (χ2v) is 2.18. The molecule has 0 aliphatic carbocycles. The van der Waals surface area contributed by atoms with E-state index in [1.54, 1.807) is 12.3 Å². The number of rotatable bonds is 2. The molecular weight excluding hydrogens is 128 g/mol. The van der Waals surface area contributed by atoms with Crippen LogP contribution >= 0.6 is 0 Å². The highest BCUT2D eigenvalue weighted by Crippen LogP contribution is 2.02. The van der Waals surface area contributed by atoms with E-state index in [2.05, 4.69) is 4.98 Å². The fourth-order valence-electron chi connectivity index (χ4n) is 0.760. The molecule has 0 saturated heterocycles. The van der Waals surface area contributed by atoms with E-state index in [1.807, 2.05) is 0 Å². The maximum absolute atomic E-state index is 10.7. The normalized spacial score (nSPS) is 9.80. The third kappa shape index (κ3) is 1.25. The molecule has 0 atom stereocenters. The Morgan fingerprint density at radius 1 is 1.80 bits per heavy atom. The van der Waals surface area contributed by atoms with Crippen molar-refractivity contribution in [1.29, 1.82) is 0 Å². The number of nitrogens with two attached hydrogens (primary N) is 1. The first-order valence-corrected chi connectivity index (χ1v) is 3.12. The number of aromatic amines is 1. The molecule has 1 heterocycles. The molecule has 0 bridgehead atoms. The van der Waals surface area contributed by atoms with Crippen LogP contribution in [0.1, 0.15) is 23.0 Å². The number of H-pyrrole nitrogens is 1. The van der Waals surface area contributed by atoms with E-state index in [0.29, 0.717) is 12.2 Å². The molecule has 54 valence electrons. The minimum atomic E-state index is 0.0414. The van der Waals surface area contributed by atoms with Crippen LogP contribution in [0.4, 0.5) is 0 Å². The van der Waals surface area contributed by atoms with E-state index in [-0.39, 0.29) is 5.78 Å². The monoisotopic (exact) mass is 138 g/mol. The molecule has 3 heteroatoms. The molecule has 1 aromatic rings. The largest absolute Gasteiger partial charge is 0.358 e. The van der Waals surface area contributed by atoms with Crippen molar-refractivity contribution in [2.75, 3.05) is 0 Å². The maximum Gasteiger partial charge on any atom is 0.175 e. The average Bonchev–Trinajstić information content (AvgIpc) is 2.34. The van der Waals surface area contributed by atoms with E-state index >= 15 is 0 Å². The highest BCUT2D eigenvalue weighted by Gasteiger charge is 2.00. The predicted molar refractivity (Wildman–Crippen MR) is 38.7 cm³/mol. The smallest absolute Gasteiger partial charge is 0.175 e. The van der Waals surface area contributed by atoms with Gasteiger partial charge in [-0.3, -0.25) is 4.79 Å². The van der Waals surface area contributed by atoms with Gasteiger partial charge in [0.1, 0.15) is 0 Å². The summed E-state index contributed by atoms with van der Waals surface area (Å²) in [6, 6.07) is 1.77. The van der Waals surface area contributed by atoms with Crippen LogP contribution in [0.2, 0.25) is 0 Å². The number of Topliss-reactive ketones (excluding diaryl/α,β-unsaturated/α-hetero) is 1. The van der Waals surface area contributed by atoms with Crippen LogP contribution in [0.3, 0.4) is 0 Å². The third-order valence-electron chi connectivity index (χ3n) is 1.36. The maximum atomic E-state index is 10.7. The van der Waals surface area contributed by atoms with Crippen molar-refractivity contribution < 1.29 is 4.79 Å².